The molecule has 0 spiro atoms. The van der Waals surface area contributed by atoms with Crippen molar-refractivity contribution in [2.75, 3.05) is 33.3 Å². The van der Waals surface area contributed by atoms with Crippen molar-refractivity contribution in [1.82, 2.24) is 9.80 Å². The third-order valence-corrected chi connectivity index (χ3v) is 4.59. The van der Waals surface area contributed by atoms with Crippen molar-refractivity contribution in [2.24, 2.45) is 0 Å². The molecule has 0 aromatic heterocycles. The number of rotatable bonds is 5. The van der Waals surface area contributed by atoms with Crippen LogP contribution in [0.4, 0.5) is 4.39 Å². The Morgan fingerprint density at radius 1 is 1.04 bits per heavy atom. The van der Waals surface area contributed by atoms with Crippen LogP contribution in [0.3, 0.4) is 0 Å². The van der Waals surface area contributed by atoms with E-state index in [1.54, 1.807) is 25.3 Å². The lowest BCUT2D eigenvalue weighted by molar-refractivity contribution is -0.132. The predicted molar refractivity (Wildman–Crippen MR) is 95.0 cm³/mol. The van der Waals surface area contributed by atoms with Gasteiger partial charge >= 0.3 is 0 Å². The molecular weight excluding hydrogens is 319 g/mol. The third-order valence-electron chi connectivity index (χ3n) is 4.59. The van der Waals surface area contributed by atoms with Gasteiger partial charge in [0.15, 0.2) is 0 Å². The number of benzene rings is 2. The number of halogens is 1. The van der Waals surface area contributed by atoms with E-state index in [1.807, 2.05) is 17.0 Å². The highest BCUT2D eigenvalue weighted by molar-refractivity contribution is 5.79. The van der Waals surface area contributed by atoms with E-state index >= 15 is 0 Å². The average molecular weight is 342 g/mol. The van der Waals surface area contributed by atoms with Gasteiger partial charge in [-0.1, -0.05) is 30.3 Å². The Bertz CT molecular complexity index is 710. The van der Waals surface area contributed by atoms with Crippen LogP contribution in [-0.2, 0) is 17.8 Å². The lowest BCUT2D eigenvalue weighted by Gasteiger charge is -2.35. The van der Waals surface area contributed by atoms with E-state index in [4.69, 9.17) is 4.74 Å². The Morgan fingerprint density at radius 2 is 1.72 bits per heavy atom. The predicted octanol–water partition coefficient (Wildman–Crippen LogP) is 2.72. The lowest BCUT2D eigenvalue weighted by atomic mass is 10.1. The molecule has 5 heteroatoms. The molecule has 0 N–H and O–H groups in total. The first-order valence-electron chi connectivity index (χ1n) is 8.52. The monoisotopic (exact) mass is 342 g/mol. The molecule has 4 nitrogen and oxygen atoms in total. The summed E-state index contributed by atoms with van der Waals surface area (Å²) in [6.07, 6.45) is 0.130. The summed E-state index contributed by atoms with van der Waals surface area (Å²) < 4.78 is 18.9. The van der Waals surface area contributed by atoms with E-state index in [9.17, 15) is 9.18 Å². The molecule has 1 saturated heterocycles. The molecule has 0 radical (unpaired) electrons. The number of hydrogen-bond donors (Lipinski definition) is 0. The molecule has 0 atom stereocenters. The second-order valence-electron chi connectivity index (χ2n) is 6.27. The Labute approximate surface area is 147 Å². The maximum absolute atomic E-state index is 13.7. The van der Waals surface area contributed by atoms with Crippen LogP contribution >= 0.6 is 0 Å². The summed E-state index contributed by atoms with van der Waals surface area (Å²) >= 11 is 0. The van der Waals surface area contributed by atoms with Crippen LogP contribution in [0.25, 0.3) is 0 Å². The fourth-order valence-corrected chi connectivity index (χ4v) is 3.06. The van der Waals surface area contributed by atoms with Crippen LogP contribution in [0.15, 0.2) is 48.5 Å². The smallest absolute Gasteiger partial charge is 0.227 e. The zero-order chi connectivity index (χ0) is 17.6. The van der Waals surface area contributed by atoms with E-state index in [-0.39, 0.29) is 18.1 Å². The maximum atomic E-state index is 13.7. The lowest BCUT2D eigenvalue weighted by Crippen LogP contribution is -2.48. The first-order valence-corrected chi connectivity index (χ1v) is 8.52. The molecule has 1 fully saturated rings. The third kappa shape index (κ3) is 4.57. The standard InChI is InChI=1S/C20H23FN2O2/c1-25-18-8-6-16(7-9-18)15-22-10-12-23(13-11-22)20(24)14-17-4-2-3-5-19(17)21/h2-9H,10-15H2,1H3. The van der Waals surface area contributed by atoms with Crippen LogP contribution in [0, 0.1) is 5.82 Å². The molecule has 0 bridgehead atoms. The molecule has 0 aliphatic carbocycles. The summed E-state index contributed by atoms with van der Waals surface area (Å²) in [6, 6.07) is 14.5. The maximum Gasteiger partial charge on any atom is 0.227 e. The number of ether oxygens (including phenoxy) is 1. The molecule has 1 amide bonds. The summed E-state index contributed by atoms with van der Waals surface area (Å²) in [5.74, 6) is 0.537. The van der Waals surface area contributed by atoms with Crippen LogP contribution in [0.5, 0.6) is 5.75 Å². The number of methoxy groups -OCH3 is 1. The minimum Gasteiger partial charge on any atom is -0.497 e. The summed E-state index contributed by atoms with van der Waals surface area (Å²) in [5.41, 5.74) is 1.69. The Balaban J connectivity index is 1.49. The number of carbonyl (C=O) groups is 1. The highest BCUT2D eigenvalue weighted by Crippen LogP contribution is 2.15. The zero-order valence-corrected chi connectivity index (χ0v) is 14.5. The molecule has 25 heavy (non-hydrogen) atoms. The second-order valence-corrected chi connectivity index (χ2v) is 6.27. The number of piperazine rings is 1. The first-order chi connectivity index (χ1) is 12.2. The van der Waals surface area contributed by atoms with Crippen molar-refractivity contribution in [3.63, 3.8) is 0 Å². The van der Waals surface area contributed by atoms with Gasteiger partial charge in [0.2, 0.25) is 5.91 Å². The van der Waals surface area contributed by atoms with Gasteiger partial charge in [-0.3, -0.25) is 9.69 Å². The van der Waals surface area contributed by atoms with E-state index in [2.05, 4.69) is 17.0 Å². The first kappa shape index (κ1) is 17.4. The van der Waals surface area contributed by atoms with Gasteiger partial charge in [0.25, 0.3) is 0 Å². The fraction of sp³-hybridized carbons (Fsp3) is 0.350. The molecule has 2 aromatic carbocycles. The Hall–Kier alpha value is -2.40. The van der Waals surface area contributed by atoms with Gasteiger partial charge in [-0.2, -0.15) is 0 Å². The van der Waals surface area contributed by atoms with Gasteiger partial charge < -0.3 is 9.64 Å². The fourth-order valence-electron chi connectivity index (χ4n) is 3.06. The molecule has 0 unspecified atom stereocenters. The number of carbonyl (C=O) groups excluding carboxylic acids is 1. The van der Waals surface area contributed by atoms with E-state index in [0.29, 0.717) is 18.7 Å². The molecule has 1 aliphatic heterocycles. The van der Waals surface area contributed by atoms with Gasteiger partial charge in [0, 0.05) is 32.7 Å². The molecule has 0 saturated carbocycles. The zero-order valence-electron chi connectivity index (χ0n) is 14.5. The quantitative estimate of drug-likeness (QED) is 0.838. The van der Waals surface area contributed by atoms with Crippen LogP contribution in [0.1, 0.15) is 11.1 Å². The highest BCUT2D eigenvalue weighted by atomic mass is 19.1. The molecule has 3 rings (SSSR count). The Kier molecular flexibility index (Phi) is 5.66. The van der Waals surface area contributed by atoms with Gasteiger partial charge in [0.05, 0.1) is 13.5 Å². The molecular formula is C20H23FN2O2. The average Bonchev–Trinajstić information content (AvgIpc) is 2.65. The van der Waals surface area contributed by atoms with E-state index in [0.717, 1.165) is 25.4 Å². The van der Waals surface area contributed by atoms with Gasteiger partial charge in [-0.05, 0) is 29.3 Å². The van der Waals surface area contributed by atoms with Crippen molar-refractivity contribution in [3.05, 3.63) is 65.5 Å². The van der Waals surface area contributed by atoms with E-state index < -0.39 is 0 Å². The van der Waals surface area contributed by atoms with Crippen LogP contribution < -0.4 is 4.74 Å². The van der Waals surface area contributed by atoms with E-state index in [1.165, 1.54) is 11.6 Å². The molecule has 1 aliphatic rings. The summed E-state index contributed by atoms with van der Waals surface area (Å²) in [4.78, 5) is 16.5. The minimum absolute atomic E-state index is 0.00537. The summed E-state index contributed by atoms with van der Waals surface area (Å²) in [5, 5.41) is 0. The van der Waals surface area contributed by atoms with Crippen LogP contribution in [0.2, 0.25) is 0 Å². The summed E-state index contributed by atoms with van der Waals surface area (Å²) in [7, 11) is 1.66. The summed E-state index contributed by atoms with van der Waals surface area (Å²) in [6.45, 7) is 3.89. The number of nitrogens with zero attached hydrogens (tertiary/aromatic N) is 2. The second kappa shape index (κ2) is 8.12. The number of amides is 1. The van der Waals surface area contributed by atoms with Crippen molar-refractivity contribution in [3.8, 4) is 5.75 Å². The normalized spacial score (nSPS) is 15.2. The Morgan fingerprint density at radius 3 is 2.36 bits per heavy atom. The largest absolute Gasteiger partial charge is 0.497 e. The topological polar surface area (TPSA) is 32.8 Å². The minimum atomic E-state index is -0.311. The van der Waals surface area contributed by atoms with Crippen molar-refractivity contribution in [1.29, 1.82) is 0 Å². The SMILES string of the molecule is COc1ccc(CN2CCN(C(=O)Cc3ccccc3F)CC2)cc1. The van der Waals surface area contributed by atoms with Gasteiger partial charge in [-0.15, -0.1) is 0 Å². The van der Waals surface area contributed by atoms with Crippen LogP contribution in [-0.4, -0.2) is 49.0 Å². The molecule has 1 heterocycles. The van der Waals surface area contributed by atoms with Crippen molar-refractivity contribution < 1.29 is 13.9 Å². The van der Waals surface area contributed by atoms with Gasteiger partial charge in [0.1, 0.15) is 11.6 Å². The van der Waals surface area contributed by atoms with Crippen molar-refractivity contribution >= 4 is 5.91 Å². The highest BCUT2D eigenvalue weighted by Gasteiger charge is 2.21. The molecule has 132 valence electrons. The van der Waals surface area contributed by atoms with Gasteiger partial charge in [-0.25, -0.2) is 4.39 Å². The number of hydrogen-bond acceptors (Lipinski definition) is 3. The van der Waals surface area contributed by atoms with Crippen molar-refractivity contribution in [2.45, 2.75) is 13.0 Å². The molecule has 2 aromatic rings.